The maximum atomic E-state index is 12.7. The van der Waals surface area contributed by atoms with Crippen molar-refractivity contribution in [2.75, 3.05) is 19.6 Å². The molecule has 6 heteroatoms. The lowest BCUT2D eigenvalue weighted by Crippen LogP contribution is -2.40. The van der Waals surface area contributed by atoms with Gasteiger partial charge in [-0.1, -0.05) is 43.1 Å². The molecular weight excluding hydrogens is 422 g/mol. The minimum atomic E-state index is -0.0976. The van der Waals surface area contributed by atoms with Gasteiger partial charge in [-0.2, -0.15) is 0 Å². The summed E-state index contributed by atoms with van der Waals surface area (Å²) in [7, 11) is 0. The third-order valence-corrected chi connectivity index (χ3v) is 6.73. The van der Waals surface area contributed by atoms with Crippen molar-refractivity contribution in [1.29, 1.82) is 0 Å². The number of carbonyl (C=O) groups is 1. The summed E-state index contributed by atoms with van der Waals surface area (Å²) in [4.78, 5) is 15.3. The molecule has 0 spiro atoms. The molecule has 0 aliphatic carbocycles. The van der Waals surface area contributed by atoms with Crippen LogP contribution >= 0.6 is 11.6 Å². The van der Waals surface area contributed by atoms with Gasteiger partial charge in [0.1, 0.15) is 0 Å². The van der Waals surface area contributed by atoms with E-state index in [1.807, 2.05) is 42.6 Å². The first-order chi connectivity index (χ1) is 15.5. The monoisotopic (exact) mass is 453 g/mol. The molecule has 1 amide bonds. The first kappa shape index (κ1) is 22.7. The molecule has 2 heterocycles. The highest BCUT2D eigenvalue weighted by Crippen LogP contribution is 2.29. The molecular formula is C26H32ClN3O2. The minimum absolute atomic E-state index is 0.0976. The number of nitrogens with one attached hydrogen (secondary N) is 1. The zero-order chi connectivity index (χ0) is 22.5. The summed E-state index contributed by atoms with van der Waals surface area (Å²) in [5.74, 6) is 0.0601. The van der Waals surface area contributed by atoms with Crippen molar-refractivity contribution in [3.63, 3.8) is 0 Å². The van der Waals surface area contributed by atoms with E-state index in [2.05, 4.69) is 17.1 Å². The number of fused-ring (bicyclic) bond motifs is 1. The van der Waals surface area contributed by atoms with Crippen molar-refractivity contribution in [2.45, 2.75) is 51.6 Å². The standard InChI is InChI=1S/C26H32ClN3O2/c1-2-23-9-3-4-13-29(23)14-6-12-28-25(31)20-10-11-21-18-30(26(32)24(21)16-20)17-19-7-5-8-22(27)15-19/h5,7-8,10-11,15-16,18,23,32H,2-4,6,9,12-14,17H2,1H3,(H,28,31). The first-order valence-electron chi connectivity index (χ1n) is 11.6. The van der Waals surface area contributed by atoms with Crippen LogP contribution in [0.25, 0.3) is 10.8 Å². The van der Waals surface area contributed by atoms with E-state index < -0.39 is 0 Å². The summed E-state index contributed by atoms with van der Waals surface area (Å²) in [6.45, 7) is 5.64. The maximum absolute atomic E-state index is 12.7. The van der Waals surface area contributed by atoms with E-state index in [1.54, 1.807) is 10.6 Å². The minimum Gasteiger partial charge on any atom is -0.494 e. The fourth-order valence-corrected chi connectivity index (χ4v) is 4.96. The number of carbonyl (C=O) groups excluding carboxylic acids is 1. The second-order valence-corrected chi connectivity index (χ2v) is 9.15. The van der Waals surface area contributed by atoms with Gasteiger partial charge >= 0.3 is 0 Å². The van der Waals surface area contributed by atoms with Crippen molar-refractivity contribution < 1.29 is 9.90 Å². The quantitative estimate of drug-likeness (QED) is 0.447. The van der Waals surface area contributed by atoms with Crippen LogP contribution in [0.1, 0.15) is 54.9 Å². The molecule has 1 aromatic heterocycles. The van der Waals surface area contributed by atoms with Crippen LogP contribution < -0.4 is 5.32 Å². The van der Waals surface area contributed by atoms with E-state index in [-0.39, 0.29) is 11.8 Å². The van der Waals surface area contributed by atoms with E-state index in [4.69, 9.17) is 11.6 Å². The Morgan fingerprint density at radius 1 is 1.22 bits per heavy atom. The fourth-order valence-electron chi connectivity index (χ4n) is 4.74. The molecule has 32 heavy (non-hydrogen) atoms. The molecule has 1 aliphatic rings. The fraction of sp³-hybridized carbons (Fsp3) is 0.423. The molecule has 1 atom stereocenters. The number of likely N-dealkylation sites (tertiary alicyclic amines) is 1. The van der Waals surface area contributed by atoms with Crippen molar-refractivity contribution in [2.24, 2.45) is 0 Å². The number of hydrogen-bond acceptors (Lipinski definition) is 3. The van der Waals surface area contributed by atoms with Crippen LogP contribution in [0, 0.1) is 0 Å². The Morgan fingerprint density at radius 3 is 2.91 bits per heavy atom. The number of piperidine rings is 1. The second-order valence-electron chi connectivity index (χ2n) is 8.72. The van der Waals surface area contributed by atoms with E-state index in [9.17, 15) is 9.90 Å². The van der Waals surface area contributed by atoms with Gasteiger partial charge in [0.05, 0.1) is 6.54 Å². The number of hydrogen-bond donors (Lipinski definition) is 2. The zero-order valence-corrected chi connectivity index (χ0v) is 19.4. The summed E-state index contributed by atoms with van der Waals surface area (Å²) in [5, 5.41) is 16.0. The number of amides is 1. The van der Waals surface area contributed by atoms with Crippen LogP contribution in [0.15, 0.2) is 48.7 Å². The Kier molecular flexibility index (Phi) is 7.38. The highest BCUT2D eigenvalue weighted by molar-refractivity contribution is 6.30. The van der Waals surface area contributed by atoms with Crippen molar-refractivity contribution in [3.05, 3.63) is 64.8 Å². The van der Waals surface area contributed by atoms with Gasteiger partial charge in [0.15, 0.2) is 5.88 Å². The topological polar surface area (TPSA) is 57.5 Å². The Hall–Kier alpha value is -2.50. The third-order valence-electron chi connectivity index (χ3n) is 6.49. The predicted molar refractivity (Wildman–Crippen MR) is 131 cm³/mol. The molecule has 1 aliphatic heterocycles. The third kappa shape index (κ3) is 5.28. The molecule has 0 saturated carbocycles. The van der Waals surface area contributed by atoms with Gasteiger partial charge in [0.25, 0.3) is 5.91 Å². The molecule has 4 rings (SSSR count). The van der Waals surface area contributed by atoms with E-state index in [0.29, 0.717) is 35.1 Å². The SMILES string of the molecule is CCC1CCCCN1CCCNC(=O)c1ccc2cn(Cc3cccc(Cl)c3)c(O)c2c1. The van der Waals surface area contributed by atoms with Crippen LogP contribution in [0.5, 0.6) is 5.88 Å². The zero-order valence-electron chi connectivity index (χ0n) is 18.7. The Balaban J connectivity index is 1.36. The van der Waals surface area contributed by atoms with Crippen molar-refractivity contribution in [1.82, 2.24) is 14.8 Å². The van der Waals surface area contributed by atoms with Gasteiger partial charge < -0.3 is 19.9 Å². The number of aromatic nitrogens is 1. The number of aromatic hydroxyl groups is 1. The van der Waals surface area contributed by atoms with Gasteiger partial charge in [-0.05, 0) is 62.1 Å². The van der Waals surface area contributed by atoms with Crippen LogP contribution in [0.2, 0.25) is 5.02 Å². The molecule has 1 fully saturated rings. The lowest BCUT2D eigenvalue weighted by molar-refractivity contribution is 0.0947. The number of rotatable bonds is 8. The first-order valence-corrected chi connectivity index (χ1v) is 12.0. The normalized spacial score (nSPS) is 17.0. The van der Waals surface area contributed by atoms with Crippen LogP contribution in [-0.2, 0) is 6.54 Å². The summed E-state index contributed by atoms with van der Waals surface area (Å²) in [5.41, 5.74) is 1.57. The molecule has 1 saturated heterocycles. The van der Waals surface area contributed by atoms with Gasteiger partial charge in [0, 0.05) is 46.7 Å². The number of halogens is 1. The number of nitrogens with zero attached hydrogens (tertiary/aromatic N) is 2. The van der Waals surface area contributed by atoms with Gasteiger partial charge in [-0.25, -0.2) is 0 Å². The molecule has 2 aromatic carbocycles. The molecule has 5 nitrogen and oxygen atoms in total. The summed E-state index contributed by atoms with van der Waals surface area (Å²) in [6.07, 6.45) is 7.96. The lowest BCUT2D eigenvalue weighted by Gasteiger charge is -2.35. The highest BCUT2D eigenvalue weighted by Gasteiger charge is 2.20. The number of benzene rings is 2. The Labute approximate surface area is 195 Å². The van der Waals surface area contributed by atoms with Crippen LogP contribution in [-0.4, -0.2) is 46.2 Å². The van der Waals surface area contributed by atoms with E-state index in [1.165, 1.54) is 32.2 Å². The summed E-state index contributed by atoms with van der Waals surface area (Å²) >= 11 is 6.08. The van der Waals surface area contributed by atoms with E-state index >= 15 is 0 Å². The highest BCUT2D eigenvalue weighted by atomic mass is 35.5. The predicted octanol–water partition coefficient (Wildman–Crippen LogP) is 5.43. The molecule has 0 bridgehead atoms. The second kappa shape index (κ2) is 10.4. The summed E-state index contributed by atoms with van der Waals surface area (Å²) in [6, 6.07) is 13.8. The molecule has 2 N–H and O–H groups in total. The molecule has 1 unspecified atom stereocenters. The Bertz CT molecular complexity index is 1080. The van der Waals surface area contributed by atoms with Crippen LogP contribution in [0.3, 0.4) is 0 Å². The molecule has 0 radical (unpaired) electrons. The van der Waals surface area contributed by atoms with Gasteiger partial charge in [-0.15, -0.1) is 0 Å². The van der Waals surface area contributed by atoms with Crippen LogP contribution in [0.4, 0.5) is 0 Å². The van der Waals surface area contributed by atoms with Crippen molar-refractivity contribution in [3.8, 4) is 5.88 Å². The molecule has 3 aromatic rings. The average Bonchev–Trinajstić information content (AvgIpc) is 3.11. The smallest absolute Gasteiger partial charge is 0.251 e. The lowest BCUT2D eigenvalue weighted by atomic mass is 10.00. The van der Waals surface area contributed by atoms with Gasteiger partial charge in [0.2, 0.25) is 0 Å². The Morgan fingerprint density at radius 2 is 2.09 bits per heavy atom. The van der Waals surface area contributed by atoms with Gasteiger partial charge in [-0.3, -0.25) is 4.79 Å². The maximum Gasteiger partial charge on any atom is 0.251 e. The molecule has 170 valence electrons. The largest absolute Gasteiger partial charge is 0.494 e. The van der Waals surface area contributed by atoms with E-state index in [0.717, 1.165) is 23.9 Å². The summed E-state index contributed by atoms with van der Waals surface area (Å²) < 4.78 is 1.78. The average molecular weight is 454 g/mol. The van der Waals surface area contributed by atoms with Crippen molar-refractivity contribution >= 4 is 28.3 Å².